The first-order valence-corrected chi connectivity index (χ1v) is 7.07. The van der Waals surface area contributed by atoms with Crippen LogP contribution in [0.25, 0.3) is 0 Å². The molecule has 0 unspecified atom stereocenters. The van der Waals surface area contributed by atoms with E-state index in [1.165, 1.54) is 20.6 Å². The van der Waals surface area contributed by atoms with Crippen molar-refractivity contribution < 1.29 is 19.0 Å². The highest BCUT2D eigenvalue weighted by molar-refractivity contribution is 5.98. The second-order valence-electron chi connectivity index (χ2n) is 4.61. The topological polar surface area (TPSA) is 44.8 Å². The molecule has 0 fully saturated rings. The van der Waals surface area contributed by atoms with Gasteiger partial charge in [0, 0.05) is 20.6 Å². The van der Waals surface area contributed by atoms with E-state index in [0.29, 0.717) is 17.7 Å². The molecule has 1 aromatic carbocycles. The van der Waals surface area contributed by atoms with Crippen molar-refractivity contribution >= 4 is 5.78 Å². The van der Waals surface area contributed by atoms with Crippen LogP contribution in [0.4, 0.5) is 0 Å². The van der Waals surface area contributed by atoms with E-state index in [9.17, 15) is 4.79 Å². The Bertz CT molecular complexity index is 399. The fraction of sp³-hybridized carbons (Fsp3) is 0.562. The monoisotopic (exact) mass is 280 g/mol. The quantitative estimate of drug-likeness (QED) is 0.371. The van der Waals surface area contributed by atoms with Crippen LogP contribution < -0.4 is 4.74 Å². The van der Waals surface area contributed by atoms with E-state index in [1.54, 1.807) is 12.1 Å². The van der Waals surface area contributed by atoms with Gasteiger partial charge in [0.2, 0.25) is 0 Å². The summed E-state index contributed by atoms with van der Waals surface area (Å²) >= 11 is 0. The number of ether oxygens (including phenoxy) is 3. The molecule has 0 saturated carbocycles. The number of ketones is 1. The van der Waals surface area contributed by atoms with Crippen molar-refractivity contribution in [2.45, 2.75) is 45.5 Å². The summed E-state index contributed by atoms with van der Waals surface area (Å²) in [6, 6.07) is 7.19. The number of para-hydroxylation sites is 1. The van der Waals surface area contributed by atoms with E-state index in [1.807, 2.05) is 12.1 Å². The standard InChI is InChI=1S/C16H24O4/c1-4-5-6-7-11-14(17)13-10-8-9-12-15(13)20-16(18-2)19-3/h8-10,12,16H,4-7,11H2,1-3H3. The summed E-state index contributed by atoms with van der Waals surface area (Å²) < 4.78 is 15.5. The smallest absolute Gasteiger partial charge is 0.315 e. The molecule has 1 aromatic rings. The van der Waals surface area contributed by atoms with Crippen LogP contribution in [0.15, 0.2) is 24.3 Å². The highest BCUT2D eigenvalue weighted by Gasteiger charge is 2.15. The number of unbranched alkanes of at least 4 members (excludes halogenated alkanes) is 3. The summed E-state index contributed by atoms with van der Waals surface area (Å²) in [5.74, 6) is 0.601. The van der Waals surface area contributed by atoms with Gasteiger partial charge in [0.05, 0.1) is 5.56 Å². The van der Waals surface area contributed by atoms with E-state index in [-0.39, 0.29) is 5.78 Å². The van der Waals surface area contributed by atoms with E-state index < -0.39 is 6.48 Å². The van der Waals surface area contributed by atoms with E-state index in [2.05, 4.69) is 6.92 Å². The average molecular weight is 280 g/mol. The van der Waals surface area contributed by atoms with Gasteiger partial charge < -0.3 is 14.2 Å². The Labute approximate surface area is 121 Å². The number of methoxy groups -OCH3 is 2. The van der Waals surface area contributed by atoms with Gasteiger partial charge in [-0.05, 0) is 18.6 Å². The molecule has 0 bridgehead atoms. The number of Topliss-reactive ketones (excluding diaryl/α,β-unsaturated/α-hetero) is 1. The first-order valence-electron chi connectivity index (χ1n) is 7.07. The van der Waals surface area contributed by atoms with Crippen LogP contribution in [-0.2, 0) is 9.47 Å². The zero-order valence-corrected chi connectivity index (χ0v) is 12.6. The Morgan fingerprint density at radius 2 is 1.80 bits per heavy atom. The zero-order chi connectivity index (χ0) is 14.8. The molecule has 4 nitrogen and oxygen atoms in total. The number of carbonyl (C=O) groups excluding carboxylic acids is 1. The Balaban J connectivity index is 2.66. The molecule has 4 heteroatoms. The molecule has 0 aliphatic rings. The lowest BCUT2D eigenvalue weighted by Crippen LogP contribution is -2.21. The molecule has 0 amide bonds. The van der Waals surface area contributed by atoms with Gasteiger partial charge in [-0.25, -0.2) is 0 Å². The van der Waals surface area contributed by atoms with Crippen molar-refractivity contribution in [2.75, 3.05) is 14.2 Å². The van der Waals surface area contributed by atoms with Crippen molar-refractivity contribution in [3.05, 3.63) is 29.8 Å². The average Bonchev–Trinajstić information content (AvgIpc) is 2.49. The van der Waals surface area contributed by atoms with Gasteiger partial charge in [-0.1, -0.05) is 38.3 Å². The maximum Gasteiger partial charge on any atom is 0.315 e. The summed E-state index contributed by atoms with van der Waals surface area (Å²) in [6.45, 7) is 1.35. The number of rotatable bonds is 10. The molecule has 0 saturated heterocycles. The van der Waals surface area contributed by atoms with Crippen LogP contribution in [-0.4, -0.2) is 26.5 Å². The Morgan fingerprint density at radius 3 is 2.45 bits per heavy atom. The second kappa shape index (κ2) is 9.50. The molecule has 0 heterocycles. The number of hydrogen-bond acceptors (Lipinski definition) is 4. The van der Waals surface area contributed by atoms with Crippen molar-refractivity contribution in [3.8, 4) is 5.75 Å². The zero-order valence-electron chi connectivity index (χ0n) is 12.6. The van der Waals surface area contributed by atoms with Gasteiger partial charge >= 0.3 is 6.48 Å². The number of benzene rings is 1. The number of carbonyl (C=O) groups is 1. The molecular weight excluding hydrogens is 256 g/mol. The molecule has 0 spiro atoms. The maximum absolute atomic E-state index is 12.2. The third-order valence-electron chi connectivity index (χ3n) is 3.05. The van der Waals surface area contributed by atoms with E-state index in [4.69, 9.17) is 14.2 Å². The SMILES string of the molecule is CCCCCCC(=O)c1ccccc1OC(OC)OC. The summed E-state index contributed by atoms with van der Waals surface area (Å²) in [5, 5.41) is 0. The molecule has 0 aliphatic heterocycles. The molecule has 0 radical (unpaired) electrons. The Kier molecular flexibility index (Phi) is 7.92. The maximum atomic E-state index is 12.2. The summed E-state index contributed by atoms with van der Waals surface area (Å²) in [6.07, 6.45) is 4.88. The summed E-state index contributed by atoms with van der Waals surface area (Å²) in [5.41, 5.74) is 0.586. The predicted molar refractivity (Wildman–Crippen MR) is 78.0 cm³/mol. The number of hydrogen-bond donors (Lipinski definition) is 0. The lowest BCUT2D eigenvalue weighted by atomic mass is 10.0. The van der Waals surface area contributed by atoms with E-state index in [0.717, 1.165) is 19.3 Å². The van der Waals surface area contributed by atoms with Crippen LogP contribution in [0, 0.1) is 0 Å². The third kappa shape index (κ3) is 5.31. The summed E-state index contributed by atoms with van der Waals surface area (Å²) in [7, 11) is 2.98. The largest absolute Gasteiger partial charge is 0.440 e. The van der Waals surface area contributed by atoms with Gasteiger partial charge in [0.25, 0.3) is 0 Å². The lowest BCUT2D eigenvalue weighted by molar-refractivity contribution is -0.219. The molecule has 1 rings (SSSR count). The minimum Gasteiger partial charge on any atom is -0.440 e. The van der Waals surface area contributed by atoms with Gasteiger partial charge in [-0.2, -0.15) is 0 Å². The fourth-order valence-electron chi connectivity index (χ4n) is 1.94. The minimum absolute atomic E-state index is 0.0997. The van der Waals surface area contributed by atoms with E-state index >= 15 is 0 Å². The van der Waals surface area contributed by atoms with Gasteiger partial charge in [-0.3, -0.25) is 4.79 Å². The van der Waals surface area contributed by atoms with Crippen LogP contribution in [0.3, 0.4) is 0 Å². The van der Waals surface area contributed by atoms with Gasteiger partial charge in [0.1, 0.15) is 5.75 Å². The summed E-state index contributed by atoms with van der Waals surface area (Å²) in [4.78, 5) is 12.2. The van der Waals surface area contributed by atoms with Gasteiger partial charge in [0.15, 0.2) is 5.78 Å². The second-order valence-corrected chi connectivity index (χ2v) is 4.61. The first kappa shape index (κ1) is 16.7. The predicted octanol–water partition coefficient (Wildman–Crippen LogP) is 3.79. The molecule has 20 heavy (non-hydrogen) atoms. The van der Waals surface area contributed by atoms with Crippen molar-refractivity contribution in [2.24, 2.45) is 0 Å². The van der Waals surface area contributed by atoms with Crippen LogP contribution >= 0.6 is 0 Å². The van der Waals surface area contributed by atoms with Crippen LogP contribution in [0.1, 0.15) is 49.4 Å². The molecule has 0 aromatic heterocycles. The molecule has 0 aliphatic carbocycles. The lowest BCUT2D eigenvalue weighted by Gasteiger charge is -2.17. The molecule has 0 N–H and O–H groups in total. The normalized spacial score (nSPS) is 10.8. The van der Waals surface area contributed by atoms with Crippen molar-refractivity contribution in [3.63, 3.8) is 0 Å². The third-order valence-corrected chi connectivity index (χ3v) is 3.05. The minimum atomic E-state index is -0.802. The molecule has 0 atom stereocenters. The molecule has 112 valence electrons. The highest BCUT2D eigenvalue weighted by atomic mass is 16.8. The van der Waals surface area contributed by atoms with Crippen LogP contribution in [0.2, 0.25) is 0 Å². The Hall–Kier alpha value is -1.39. The van der Waals surface area contributed by atoms with Crippen molar-refractivity contribution in [1.29, 1.82) is 0 Å². The van der Waals surface area contributed by atoms with Crippen molar-refractivity contribution in [1.82, 2.24) is 0 Å². The highest BCUT2D eigenvalue weighted by Crippen LogP contribution is 2.22. The van der Waals surface area contributed by atoms with Gasteiger partial charge in [-0.15, -0.1) is 0 Å². The Morgan fingerprint density at radius 1 is 1.10 bits per heavy atom. The fourth-order valence-corrected chi connectivity index (χ4v) is 1.94. The first-order chi connectivity index (χ1) is 9.72. The molecular formula is C16H24O4. The van der Waals surface area contributed by atoms with Crippen LogP contribution in [0.5, 0.6) is 5.75 Å².